The van der Waals surface area contributed by atoms with Crippen molar-refractivity contribution in [2.45, 2.75) is 63.7 Å². The van der Waals surface area contributed by atoms with Crippen LogP contribution in [-0.2, 0) is 36.8 Å². The lowest BCUT2D eigenvalue weighted by Gasteiger charge is -2.25. The van der Waals surface area contributed by atoms with E-state index in [-0.39, 0.29) is 25.2 Å². The first-order valence-corrected chi connectivity index (χ1v) is 13.7. The normalized spacial score (nSPS) is 14.0. The molecule has 1 aromatic heterocycles. The topological polar surface area (TPSA) is 210 Å². The summed E-state index contributed by atoms with van der Waals surface area (Å²) >= 11 is 0. The van der Waals surface area contributed by atoms with Gasteiger partial charge in [-0.2, -0.15) is 0 Å². The molecule has 0 radical (unpaired) electrons. The van der Waals surface area contributed by atoms with Crippen LogP contribution >= 0.6 is 0 Å². The summed E-state index contributed by atoms with van der Waals surface area (Å²) < 4.78 is 0. The van der Waals surface area contributed by atoms with Gasteiger partial charge >= 0.3 is 5.97 Å². The molecule has 0 saturated heterocycles. The predicted octanol–water partition coefficient (Wildman–Crippen LogP) is 0.741. The fourth-order valence-corrected chi connectivity index (χ4v) is 4.61. The van der Waals surface area contributed by atoms with Crippen LogP contribution in [0.25, 0.3) is 10.9 Å². The fourth-order valence-electron chi connectivity index (χ4n) is 4.61. The molecule has 0 fully saturated rings. The molecule has 1 heterocycles. The fraction of sp³-hybridized carbons (Fsp3) is 0.367. The molecule has 4 atom stereocenters. The van der Waals surface area contributed by atoms with Crippen molar-refractivity contribution in [3.8, 4) is 0 Å². The standard InChI is InChI=1S/C30H38N6O6/c1-17(2)12-25(30(41)42)36-28(39)23(13-18-8-4-3-5-9-18)35-29(40)24(34-27(38)21(31)15-26(32)37)14-19-16-33-22-11-7-6-10-20(19)22/h3-11,16-17,21,23-25,33H,12-15,31H2,1-2H3,(H2,32,37)(H,34,38)(H,35,40)(H,36,39)(H,41,42). The largest absolute Gasteiger partial charge is 0.480 e. The van der Waals surface area contributed by atoms with Crippen LogP contribution in [0.3, 0.4) is 0 Å². The van der Waals surface area contributed by atoms with Crippen LogP contribution in [0.2, 0.25) is 0 Å². The maximum atomic E-state index is 13.7. The zero-order valence-corrected chi connectivity index (χ0v) is 23.6. The zero-order chi connectivity index (χ0) is 30.8. The van der Waals surface area contributed by atoms with Crippen LogP contribution in [0, 0.1) is 5.92 Å². The Morgan fingerprint density at radius 1 is 0.810 bits per heavy atom. The summed E-state index contributed by atoms with van der Waals surface area (Å²) in [6, 6.07) is 11.6. The van der Waals surface area contributed by atoms with E-state index in [0.29, 0.717) is 0 Å². The number of nitrogens with two attached hydrogens (primary N) is 2. The van der Waals surface area contributed by atoms with Gasteiger partial charge in [-0.3, -0.25) is 19.2 Å². The third-order valence-electron chi connectivity index (χ3n) is 6.73. The number of benzene rings is 2. The number of aromatic nitrogens is 1. The number of nitrogens with one attached hydrogen (secondary N) is 4. The number of aromatic amines is 1. The number of H-pyrrole nitrogens is 1. The Balaban J connectivity index is 1.89. The third kappa shape index (κ3) is 9.16. The highest BCUT2D eigenvalue weighted by molar-refractivity contribution is 5.95. The molecule has 0 aliphatic rings. The number of hydrogen-bond acceptors (Lipinski definition) is 6. The molecule has 0 spiro atoms. The minimum Gasteiger partial charge on any atom is -0.480 e. The molecule has 42 heavy (non-hydrogen) atoms. The lowest BCUT2D eigenvalue weighted by Crippen LogP contribution is -2.58. The molecule has 9 N–H and O–H groups in total. The summed E-state index contributed by atoms with van der Waals surface area (Å²) in [5, 5.41) is 18.3. The maximum Gasteiger partial charge on any atom is 0.326 e. The summed E-state index contributed by atoms with van der Waals surface area (Å²) in [5.74, 6) is -4.09. The molecule has 4 unspecified atom stereocenters. The molecule has 224 valence electrons. The van der Waals surface area contributed by atoms with E-state index in [2.05, 4.69) is 20.9 Å². The number of para-hydroxylation sites is 1. The van der Waals surface area contributed by atoms with Crippen molar-refractivity contribution in [3.63, 3.8) is 0 Å². The van der Waals surface area contributed by atoms with Crippen molar-refractivity contribution >= 4 is 40.5 Å². The Morgan fingerprint density at radius 2 is 1.38 bits per heavy atom. The third-order valence-corrected chi connectivity index (χ3v) is 6.73. The minimum atomic E-state index is -1.28. The van der Waals surface area contributed by atoms with Crippen molar-refractivity contribution in [1.29, 1.82) is 0 Å². The number of carbonyl (C=O) groups is 5. The molecule has 2 aromatic carbocycles. The number of primary amides is 1. The van der Waals surface area contributed by atoms with Crippen LogP contribution in [0.1, 0.15) is 37.8 Å². The Morgan fingerprint density at radius 3 is 2.00 bits per heavy atom. The Bertz CT molecular complexity index is 1410. The van der Waals surface area contributed by atoms with Gasteiger partial charge in [0.25, 0.3) is 0 Å². The van der Waals surface area contributed by atoms with Gasteiger partial charge in [-0.25, -0.2) is 4.79 Å². The zero-order valence-electron chi connectivity index (χ0n) is 23.6. The average Bonchev–Trinajstić information content (AvgIpc) is 3.34. The van der Waals surface area contributed by atoms with Crippen LogP contribution in [0.4, 0.5) is 0 Å². The predicted molar refractivity (Wildman–Crippen MR) is 157 cm³/mol. The van der Waals surface area contributed by atoms with Gasteiger partial charge in [-0.15, -0.1) is 0 Å². The number of rotatable bonds is 15. The van der Waals surface area contributed by atoms with Crippen molar-refractivity contribution < 1.29 is 29.1 Å². The number of amides is 4. The van der Waals surface area contributed by atoms with Gasteiger partial charge in [0.15, 0.2) is 0 Å². The number of carbonyl (C=O) groups excluding carboxylic acids is 4. The second-order valence-electron chi connectivity index (χ2n) is 10.7. The molecule has 0 saturated carbocycles. The Labute approximate surface area is 243 Å². The molecule has 4 amide bonds. The maximum absolute atomic E-state index is 13.7. The van der Waals surface area contributed by atoms with E-state index >= 15 is 0 Å². The van der Waals surface area contributed by atoms with Crippen molar-refractivity contribution in [2.75, 3.05) is 0 Å². The molecule has 12 nitrogen and oxygen atoms in total. The van der Waals surface area contributed by atoms with Crippen molar-refractivity contribution in [3.05, 3.63) is 71.9 Å². The summed E-state index contributed by atoms with van der Waals surface area (Å²) in [7, 11) is 0. The highest BCUT2D eigenvalue weighted by Gasteiger charge is 2.31. The van der Waals surface area contributed by atoms with Gasteiger partial charge in [0.05, 0.1) is 12.5 Å². The number of hydrogen-bond donors (Lipinski definition) is 7. The lowest BCUT2D eigenvalue weighted by atomic mass is 10.00. The summed E-state index contributed by atoms with van der Waals surface area (Å²) in [4.78, 5) is 66.2. The number of carboxylic acid groups (broad SMARTS) is 1. The van der Waals surface area contributed by atoms with Crippen molar-refractivity contribution in [2.24, 2.45) is 17.4 Å². The Hall–Kier alpha value is -4.71. The quantitative estimate of drug-likeness (QED) is 0.137. The summed E-state index contributed by atoms with van der Waals surface area (Å²) in [6.07, 6.45) is 1.61. The smallest absolute Gasteiger partial charge is 0.326 e. The first kappa shape index (κ1) is 31.8. The molecular formula is C30H38N6O6. The highest BCUT2D eigenvalue weighted by atomic mass is 16.4. The minimum absolute atomic E-state index is 0.00561. The van der Waals surface area contributed by atoms with Gasteiger partial charge in [-0.1, -0.05) is 62.4 Å². The van der Waals surface area contributed by atoms with Gasteiger partial charge in [0.2, 0.25) is 23.6 Å². The number of aliphatic carboxylic acids is 1. The second kappa shape index (κ2) is 14.8. The first-order chi connectivity index (χ1) is 19.9. The molecule has 3 aromatic rings. The lowest BCUT2D eigenvalue weighted by molar-refractivity contribution is -0.142. The van der Waals surface area contributed by atoms with Gasteiger partial charge in [0.1, 0.15) is 18.1 Å². The molecule has 0 aliphatic carbocycles. The summed E-state index contributed by atoms with van der Waals surface area (Å²) in [6.45, 7) is 3.68. The van der Waals surface area contributed by atoms with Crippen LogP contribution < -0.4 is 27.4 Å². The van der Waals surface area contributed by atoms with E-state index in [9.17, 15) is 29.1 Å². The molecule has 0 bridgehead atoms. The van der Waals surface area contributed by atoms with E-state index in [0.717, 1.165) is 22.0 Å². The van der Waals surface area contributed by atoms with Crippen LogP contribution in [-0.4, -0.2) is 63.9 Å². The van der Waals surface area contributed by atoms with Gasteiger partial charge in [0, 0.05) is 29.9 Å². The number of fused-ring (bicyclic) bond motifs is 1. The first-order valence-electron chi connectivity index (χ1n) is 13.7. The average molecular weight is 579 g/mol. The molecular weight excluding hydrogens is 540 g/mol. The van der Waals surface area contributed by atoms with E-state index in [1.807, 2.05) is 44.2 Å². The van der Waals surface area contributed by atoms with Crippen LogP contribution in [0.5, 0.6) is 0 Å². The monoisotopic (exact) mass is 578 g/mol. The van der Waals surface area contributed by atoms with Crippen LogP contribution in [0.15, 0.2) is 60.8 Å². The van der Waals surface area contributed by atoms with E-state index < -0.39 is 60.2 Å². The molecule has 0 aliphatic heterocycles. The SMILES string of the molecule is CC(C)CC(NC(=O)C(Cc1ccccc1)NC(=O)C(Cc1c[nH]c2ccccc12)NC(=O)C(N)CC(N)=O)C(=O)O. The van der Waals surface area contributed by atoms with E-state index in [1.54, 1.807) is 30.5 Å². The van der Waals surface area contributed by atoms with Gasteiger partial charge in [-0.05, 0) is 29.5 Å². The molecule has 3 rings (SSSR count). The molecule has 12 heteroatoms. The number of carboxylic acids is 1. The highest BCUT2D eigenvalue weighted by Crippen LogP contribution is 2.19. The van der Waals surface area contributed by atoms with Crippen molar-refractivity contribution in [1.82, 2.24) is 20.9 Å². The summed E-state index contributed by atoms with van der Waals surface area (Å²) in [5.41, 5.74) is 13.3. The second-order valence-corrected chi connectivity index (χ2v) is 10.7. The van der Waals surface area contributed by atoms with E-state index in [4.69, 9.17) is 11.5 Å². The van der Waals surface area contributed by atoms with E-state index in [1.165, 1.54) is 0 Å². The Kier molecular flexibility index (Phi) is 11.2. The van der Waals surface area contributed by atoms with Gasteiger partial charge < -0.3 is 37.5 Å².